The number of carbonyl (C=O) groups is 2. The van der Waals surface area contributed by atoms with Crippen LogP contribution in [0.25, 0.3) is 0 Å². The summed E-state index contributed by atoms with van der Waals surface area (Å²) in [6.45, 7) is 2.68. The van der Waals surface area contributed by atoms with Gasteiger partial charge in [-0.25, -0.2) is 12.8 Å². The highest BCUT2D eigenvalue weighted by Crippen LogP contribution is 2.29. The smallest absolute Gasteiger partial charge is 0.264 e. The average Bonchev–Trinajstić information content (AvgIpc) is 3.10. The Balaban J connectivity index is 1.55. The van der Waals surface area contributed by atoms with Gasteiger partial charge < -0.3 is 15.0 Å². The number of rotatable bonds is 14. The molecule has 0 aliphatic heterocycles. The Kier molecular flexibility index (Phi) is 11.4. The van der Waals surface area contributed by atoms with Crippen molar-refractivity contribution in [1.29, 1.82) is 0 Å². The maximum atomic E-state index is 15.1. The number of carbonyl (C=O) groups excluding carboxylic acids is 2. The Morgan fingerprint density at radius 3 is 1.90 bits per heavy atom. The lowest BCUT2D eigenvalue weighted by Crippen LogP contribution is -2.54. The van der Waals surface area contributed by atoms with Gasteiger partial charge in [0.15, 0.2) is 0 Å². The van der Waals surface area contributed by atoms with Crippen molar-refractivity contribution in [2.75, 3.05) is 10.8 Å². The minimum atomic E-state index is -4.29. The van der Waals surface area contributed by atoms with Gasteiger partial charge in [-0.2, -0.15) is 0 Å². The van der Waals surface area contributed by atoms with Crippen molar-refractivity contribution in [3.05, 3.63) is 156 Å². The van der Waals surface area contributed by atoms with Crippen molar-refractivity contribution in [2.45, 2.75) is 43.8 Å². The molecular weight excluding hydrogens is 642 g/mol. The summed E-state index contributed by atoms with van der Waals surface area (Å²) in [5.41, 5.74) is 1.17. The lowest BCUT2D eigenvalue weighted by atomic mass is 10.0. The molecule has 1 atom stereocenters. The van der Waals surface area contributed by atoms with Gasteiger partial charge in [0.1, 0.15) is 29.9 Å². The Bertz CT molecular complexity index is 1940. The number of nitrogens with one attached hydrogen (secondary N) is 1. The van der Waals surface area contributed by atoms with Crippen LogP contribution in [0.1, 0.15) is 25.0 Å². The molecule has 8 nitrogen and oxygen atoms in total. The first-order valence-corrected chi connectivity index (χ1v) is 17.3. The van der Waals surface area contributed by atoms with E-state index in [9.17, 15) is 18.0 Å². The van der Waals surface area contributed by atoms with Crippen LogP contribution >= 0.6 is 0 Å². The van der Waals surface area contributed by atoms with Crippen molar-refractivity contribution in [1.82, 2.24) is 10.2 Å². The Morgan fingerprint density at radius 1 is 0.735 bits per heavy atom. The third-order valence-corrected chi connectivity index (χ3v) is 9.50. The Hall–Kier alpha value is -5.48. The maximum absolute atomic E-state index is 15.1. The molecule has 0 aromatic heterocycles. The number of halogens is 1. The summed E-state index contributed by atoms with van der Waals surface area (Å²) in [6.07, 6.45) is 0.122. The molecule has 0 spiro atoms. The van der Waals surface area contributed by atoms with Crippen molar-refractivity contribution in [2.24, 2.45) is 0 Å². The third kappa shape index (κ3) is 9.11. The van der Waals surface area contributed by atoms with Crippen LogP contribution in [0.3, 0.4) is 0 Å². The second kappa shape index (κ2) is 16.1. The number of hydrogen-bond acceptors (Lipinski definition) is 5. The number of anilines is 1. The van der Waals surface area contributed by atoms with Crippen molar-refractivity contribution in [3.63, 3.8) is 0 Å². The zero-order chi connectivity index (χ0) is 34.8. The first-order chi connectivity index (χ1) is 23.6. The lowest BCUT2D eigenvalue weighted by molar-refractivity contribution is -0.140. The molecule has 0 bridgehead atoms. The fourth-order valence-corrected chi connectivity index (χ4v) is 6.73. The number of sulfonamides is 1. The van der Waals surface area contributed by atoms with E-state index in [0.29, 0.717) is 11.5 Å². The summed E-state index contributed by atoms with van der Waals surface area (Å²) in [7, 11) is -4.29. The number of hydrogen-bond donors (Lipinski definition) is 1. The zero-order valence-electron chi connectivity index (χ0n) is 27.3. The monoisotopic (exact) mass is 679 g/mol. The van der Waals surface area contributed by atoms with Gasteiger partial charge in [0, 0.05) is 24.6 Å². The van der Waals surface area contributed by atoms with E-state index in [1.807, 2.05) is 48.5 Å². The molecule has 0 aliphatic rings. The van der Waals surface area contributed by atoms with E-state index in [4.69, 9.17) is 4.74 Å². The van der Waals surface area contributed by atoms with Gasteiger partial charge in [0.2, 0.25) is 11.8 Å². The van der Waals surface area contributed by atoms with Gasteiger partial charge in [0.25, 0.3) is 10.0 Å². The van der Waals surface area contributed by atoms with Gasteiger partial charge in [-0.3, -0.25) is 13.9 Å². The molecule has 5 rings (SSSR count). The molecule has 5 aromatic rings. The molecule has 0 fully saturated rings. The largest absolute Gasteiger partial charge is 0.457 e. The highest BCUT2D eigenvalue weighted by atomic mass is 32.2. The second-order valence-corrected chi connectivity index (χ2v) is 13.6. The summed E-state index contributed by atoms with van der Waals surface area (Å²) < 4.78 is 50.4. The van der Waals surface area contributed by atoms with Crippen LogP contribution in [0.2, 0.25) is 0 Å². The SMILES string of the molecule is CC(C)NC(=O)[C@H](Cc1ccccc1)N(Cc1ccccc1F)C(=O)CN(c1ccc(Oc2ccccc2)cc1)S(=O)(=O)c1ccccc1. The van der Waals surface area contributed by atoms with Crippen molar-refractivity contribution >= 4 is 27.5 Å². The molecule has 0 aliphatic carbocycles. The van der Waals surface area contributed by atoms with E-state index >= 15 is 4.39 Å². The average molecular weight is 680 g/mol. The van der Waals surface area contributed by atoms with Gasteiger partial charge in [0.05, 0.1) is 10.6 Å². The molecule has 2 amide bonds. The molecule has 49 heavy (non-hydrogen) atoms. The third-order valence-electron chi connectivity index (χ3n) is 7.71. The molecular formula is C39H38FN3O5S. The first kappa shape index (κ1) is 34.8. The predicted octanol–water partition coefficient (Wildman–Crippen LogP) is 6.98. The molecule has 252 valence electrons. The topological polar surface area (TPSA) is 96.0 Å². The fraction of sp³-hybridized carbons (Fsp3) is 0.179. The minimum Gasteiger partial charge on any atom is -0.457 e. The van der Waals surface area contributed by atoms with E-state index in [1.54, 1.807) is 80.6 Å². The Morgan fingerprint density at radius 2 is 1.29 bits per heavy atom. The van der Waals surface area contributed by atoms with Crippen LogP contribution in [-0.2, 0) is 32.6 Å². The van der Waals surface area contributed by atoms with Crippen LogP contribution in [0.15, 0.2) is 144 Å². The summed E-state index contributed by atoms with van der Waals surface area (Å²) >= 11 is 0. The number of nitrogens with zero attached hydrogens (tertiary/aromatic N) is 2. The molecule has 1 N–H and O–H groups in total. The highest BCUT2D eigenvalue weighted by Gasteiger charge is 2.35. The van der Waals surface area contributed by atoms with E-state index < -0.39 is 40.2 Å². The predicted molar refractivity (Wildman–Crippen MR) is 188 cm³/mol. The first-order valence-electron chi connectivity index (χ1n) is 15.9. The van der Waals surface area contributed by atoms with Gasteiger partial charge in [-0.1, -0.05) is 84.9 Å². The zero-order valence-corrected chi connectivity index (χ0v) is 28.1. The lowest BCUT2D eigenvalue weighted by Gasteiger charge is -2.34. The quantitative estimate of drug-likeness (QED) is 0.137. The summed E-state index contributed by atoms with van der Waals surface area (Å²) in [5.74, 6) is -0.610. The minimum absolute atomic E-state index is 0.0218. The number of benzene rings is 5. The summed E-state index contributed by atoms with van der Waals surface area (Å²) in [4.78, 5) is 29.6. The van der Waals surface area contributed by atoms with E-state index in [2.05, 4.69) is 5.32 Å². The standard InChI is InChI=1S/C39H38FN3O5S/c1-29(2)41-39(45)37(26-30-14-6-3-7-15-30)42(27-31-16-12-13-21-36(31)40)38(44)28-43(49(46,47)35-19-10-5-11-20-35)32-22-24-34(25-23-32)48-33-17-8-4-9-18-33/h3-25,29,37H,26-28H2,1-2H3,(H,41,45)/t37-/m0/s1. The van der Waals surface area contributed by atoms with Crippen LogP contribution in [-0.4, -0.2) is 43.8 Å². The molecule has 5 aromatic carbocycles. The molecule has 0 saturated carbocycles. The molecule has 0 heterocycles. The van der Waals surface area contributed by atoms with E-state index in [0.717, 1.165) is 9.87 Å². The van der Waals surface area contributed by atoms with Crippen LogP contribution in [0.4, 0.5) is 10.1 Å². The van der Waals surface area contributed by atoms with Crippen LogP contribution < -0.4 is 14.4 Å². The summed E-state index contributed by atoms with van der Waals surface area (Å²) in [6, 6.07) is 37.1. The van der Waals surface area contributed by atoms with E-state index in [1.165, 1.54) is 29.2 Å². The second-order valence-electron chi connectivity index (χ2n) is 11.7. The summed E-state index contributed by atoms with van der Waals surface area (Å²) in [5, 5.41) is 2.89. The number of amides is 2. The fourth-order valence-electron chi connectivity index (χ4n) is 5.30. The molecule has 0 unspecified atom stereocenters. The number of ether oxygens (including phenoxy) is 1. The van der Waals surface area contributed by atoms with Gasteiger partial charge in [-0.05, 0) is 74.0 Å². The van der Waals surface area contributed by atoms with Gasteiger partial charge >= 0.3 is 0 Å². The molecule has 0 saturated heterocycles. The normalized spacial score (nSPS) is 11.8. The van der Waals surface area contributed by atoms with E-state index in [-0.39, 0.29) is 35.2 Å². The number of para-hydroxylation sites is 1. The molecule has 0 radical (unpaired) electrons. The van der Waals surface area contributed by atoms with Crippen LogP contribution in [0, 0.1) is 5.82 Å². The molecule has 10 heteroatoms. The van der Waals surface area contributed by atoms with Crippen LogP contribution in [0.5, 0.6) is 11.5 Å². The van der Waals surface area contributed by atoms with Crippen molar-refractivity contribution < 1.29 is 27.1 Å². The highest BCUT2D eigenvalue weighted by molar-refractivity contribution is 7.92. The maximum Gasteiger partial charge on any atom is 0.264 e. The Labute approximate surface area is 286 Å². The van der Waals surface area contributed by atoms with Gasteiger partial charge in [-0.15, -0.1) is 0 Å². The van der Waals surface area contributed by atoms with Crippen molar-refractivity contribution in [3.8, 4) is 11.5 Å².